The van der Waals surface area contributed by atoms with E-state index in [9.17, 15) is 13.2 Å². The standard InChI is InChI=1S/C14H23N3O.C2HF3O2/c1-10-8-16-17(13-4-6-18-9-13)14(10)12-3-5-15-11(2)7-12;3-2(4,5)1(6)7/h8,11-13,15H,3-7,9H2,1-2H3;(H,6,7)/t11-,12+,13+;/m1./s1. The minimum atomic E-state index is -5.08. The third-order valence-corrected chi connectivity index (χ3v) is 4.53. The maximum absolute atomic E-state index is 10.6. The molecular weight excluding hydrogens is 339 g/mol. The zero-order valence-corrected chi connectivity index (χ0v) is 14.3. The number of aryl methyl sites for hydroxylation is 1. The van der Waals surface area contributed by atoms with Crippen molar-refractivity contribution in [1.29, 1.82) is 0 Å². The second kappa shape index (κ2) is 8.18. The highest BCUT2D eigenvalue weighted by molar-refractivity contribution is 5.73. The van der Waals surface area contributed by atoms with Gasteiger partial charge in [0.15, 0.2) is 0 Å². The van der Waals surface area contributed by atoms with Gasteiger partial charge in [0.1, 0.15) is 0 Å². The van der Waals surface area contributed by atoms with E-state index >= 15 is 0 Å². The van der Waals surface area contributed by atoms with Crippen LogP contribution < -0.4 is 5.32 Å². The Balaban J connectivity index is 0.000000277. The Hall–Kier alpha value is -1.61. The van der Waals surface area contributed by atoms with Gasteiger partial charge in [-0.2, -0.15) is 18.3 Å². The molecule has 3 heterocycles. The summed E-state index contributed by atoms with van der Waals surface area (Å²) in [7, 11) is 0. The van der Waals surface area contributed by atoms with Crippen molar-refractivity contribution >= 4 is 5.97 Å². The van der Waals surface area contributed by atoms with Gasteiger partial charge in [-0.3, -0.25) is 4.68 Å². The van der Waals surface area contributed by atoms with Crippen LogP contribution in [-0.4, -0.2) is 52.8 Å². The summed E-state index contributed by atoms with van der Waals surface area (Å²) in [6.07, 6.45) is 0.500. The van der Waals surface area contributed by atoms with E-state index in [1.807, 2.05) is 6.20 Å². The summed E-state index contributed by atoms with van der Waals surface area (Å²) in [5, 5.41) is 15.3. The topological polar surface area (TPSA) is 76.4 Å². The fraction of sp³-hybridized carbons (Fsp3) is 0.750. The van der Waals surface area contributed by atoms with Gasteiger partial charge in [0.2, 0.25) is 0 Å². The Bertz CT molecular complexity index is 583. The summed E-state index contributed by atoms with van der Waals surface area (Å²) in [6.45, 7) is 7.31. The van der Waals surface area contributed by atoms with Gasteiger partial charge in [-0.05, 0) is 45.2 Å². The molecule has 2 saturated heterocycles. The van der Waals surface area contributed by atoms with Gasteiger partial charge in [-0.1, -0.05) is 0 Å². The molecule has 0 aromatic carbocycles. The molecule has 0 aliphatic carbocycles. The molecule has 2 fully saturated rings. The van der Waals surface area contributed by atoms with E-state index in [-0.39, 0.29) is 0 Å². The lowest BCUT2D eigenvalue weighted by Crippen LogP contribution is -2.36. The summed E-state index contributed by atoms with van der Waals surface area (Å²) < 4.78 is 39.5. The van der Waals surface area contributed by atoms with Crippen LogP contribution >= 0.6 is 0 Å². The Labute approximate surface area is 144 Å². The number of aromatic nitrogens is 2. The molecule has 2 aliphatic rings. The predicted octanol–water partition coefficient (Wildman–Crippen LogP) is 2.64. The van der Waals surface area contributed by atoms with E-state index in [1.165, 1.54) is 24.1 Å². The second-order valence-electron chi connectivity index (χ2n) is 6.55. The van der Waals surface area contributed by atoms with Crippen molar-refractivity contribution in [2.24, 2.45) is 0 Å². The molecule has 0 saturated carbocycles. The van der Waals surface area contributed by atoms with E-state index in [0.717, 1.165) is 26.2 Å². The fourth-order valence-electron chi connectivity index (χ4n) is 3.35. The van der Waals surface area contributed by atoms with Gasteiger partial charge < -0.3 is 15.2 Å². The van der Waals surface area contributed by atoms with E-state index in [1.54, 1.807) is 0 Å². The molecule has 1 aromatic heterocycles. The first-order valence-corrected chi connectivity index (χ1v) is 8.35. The third kappa shape index (κ3) is 5.18. The van der Waals surface area contributed by atoms with Crippen molar-refractivity contribution in [2.75, 3.05) is 19.8 Å². The normalized spacial score (nSPS) is 26.8. The smallest absolute Gasteiger partial charge is 0.475 e. The Morgan fingerprint density at radius 2 is 2.12 bits per heavy atom. The van der Waals surface area contributed by atoms with Gasteiger partial charge in [0.25, 0.3) is 0 Å². The lowest BCUT2D eigenvalue weighted by atomic mass is 9.88. The Morgan fingerprint density at radius 3 is 2.64 bits per heavy atom. The molecule has 1 aromatic rings. The molecule has 0 bridgehead atoms. The number of hydrogen-bond acceptors (Lipinski definition) is 4. The molecule has 0 spiro atoms. The second-order valence-corrected chi connectivity index (χ2v) is 6.55. The first-order valence-electron chi connectivity index (χ1n) is 8.35. The number of hydrogen-bond donors (Lipinski definition) is 2. The van der Waals surface area contributed by atoms with Crippen molar-refractivity contribution in [3.63, 3.8) is 0 Å². The maximum atomic E-state index is 10.6. The molecule has 2 aliphatic heterocycles. The van der Waals surface area contributed by atoms with Crippen molar-refractivity contribution < 1.29 is 27.8 Å². The quantitative estimate of drug-likeness (QED) is 0.845. The number of alkyl halides is 3. The number of carboxylic acids is 1. The van der Waals surface area contributed by atoms with E-state index in [2.05, 4.69) is 28.9 Å². The highest BCUT2D eigenvalue weighted by Gasteiger charge is 2.38. The van der Waals surface area contributed by atoms with Crippen molar-refractivity contribution in [3.8, 4) is 0 Å². The minimum absolute atomic E-state index is 0.457. The molecule has 25 heavy (non-hydrogen) atoms. The van der Waals surface area contributed by atoms with Crippen LogP contribution in [0.2, 0.25) is 0 Å². The number of carbonyl (C=O) groups is 1. The predicted molar refractivity (Wildman–Crippen MR) is 84.6 cm³/mol. The van der Waals surface area contributed by atoms with Gasteiger partial charge in [-0.15, -0.1) is 0 Å². The monoisotopic (exact) mass is 363 g/mol. The van der Waals surface area contributed by atoms with Gasteiger partial charge in [0.05, 0.1) is 18.8 Å². The number of carboxylic acid groups (broad SMARTS) is 1. The van der Waals surface area contributed by atoms with Crippen LogP contribution in [-0.2, 0) is 9.53 Å². The van der Waals surface area contributed by atoms with Crippen LogP contribution in [0.5, 0.6) is 0 Å². The fourth-order valence-corrected chi connectivity index (χ4v) is 3.35. The molecule has 2 N–H and O–H groups in total. The van der Waals surface area contributed by atoms with Gasteiger partial charge >= 0.3 is 12.1 Å². The lowest BCUT2D eigenvalue weighted by molar-refractivity contribution is -0.192. The van der Waals surface area contributed by atoms with Crippen LogP contribution in [0.25, 0.3) is 0 Å². The first kappa shape index (κ1) is 19.7. The molecule has 0 amide bonds. The number of nitrogens with zero attached hydrogens (tertiary/aromatic N) is 2. The van der Waals surface area contributed by atoms with Crippen molar-refractivity contribution in [2.45, 2.75) is 57.3 Å². The zero-order valence-electron chi connectivity index (χ0n) is 14.3. The molecular formula is C16H24F3N3O3. The number of halogens is 3. The third-order valence-electron chi connectivity index (χ3n) is 4.53. The largest absolute Gasteiger partial charge is 0.490 e. The van der Waals surface area contributed by atoms with E-state index in [0.29, 0.717) is 18.0 Å². The lowest BCUT2D eigenvalue weighted by Gasteiger charge is -2.30. The van der Waals surface area contributed by atoms with Crippen molar-refractivity contribution in [1.82, 2.24) is 15.1 Å². The minimum Gasteiger partial charge on any atom is -0.475 e. The van der Waals surface area contributed by atoms with E-state index in [4.69, 9.17) is 14.6 Å². The van der Waals surface area contributed by atoms with Crippen LogP contribution in [0.4, 0.5) is 13.2 Å². The van der Waals surface area contributed by atoms with Crippen LogP contribution in [0.3, 0.4) is 0 Å². The SMILES string of the molecule is Cc1cnn([C@H]2CCOC2)c1[C@H]1CCN[C@H](C)C1.O=C(O)C(F)(F)F. The maximum Gasteiger partial charge on any atom is 0.490 e. The summed E-state index contributed by atoms with van der Waals surface area (Å²) >= 11 is 0. The first-order chi connectivity index (χ1) is 11.7. The molecule has 0 unspecified atom stereocenters. The van der Waals surface area contributed by atoms with Gasteiger partial charge in [-0.25, -0.2) is 4.79 Å². The molecule has 3 atom stereocenters. The number of piperidine rings is 1. The summed E-state index contributed by atoms with van der Waals surface area (Å²) in [5.74, 6) is -2.10. The van der Waals surface area contributed by atoms with Gasteiger partial charge in [0, 0.05) is 24.3 Å². The average molecular weight is 363 g/mol. The molecule has 9 heteroatoms. The number of aliphatic carboxylic acids is 1. The molecule has 6 nitrogen and oxygen atoms in total. The van der Waals surface area contributed by atoms with E-state index < -0.39 is 12.1 Å². The summed E-state index contributed by atoms with van der Waals surface area (Å²) in [6, 6.07) is 1.07. The molecule has 142 valence electrons. The zero-order chi connectivity index (χ0) is 18.6. The number of rotatable bonds is 2. The Morgan fingerprint density at radius 1 is 1.44 bits per heavy atom. The number of ether oxygens (including phenoxy) is 1. The summed E-state index contributed by atoms with van der Waals surface area (Å²) in [4.78, 5) is 8.90. The summed E-state index contributed by atoms with van der Waals surface area (Å²) in [5.41, 5.74) is 2.81. The van der Waals surface area contributed by atoms with Crippen molar-refractivity contribution in [3.05, 3.63) is 17.5 Å². The molecule has 0 radical (unpaired) electrons. The van der Waals surface area contributed by atoms with Crippen LogP contribution in [0.15, 0.2) is 6.20 Å². The Kier molecular flexibility index (Phi) is 6.45. The number of nitrogens with one attached hydrogen (secondary N) is 1. The molecule has 3 rings (SSSR count). The highest BCUT2D eigenvalue weighted by atomic mass is 19.4. The highest BCUT2D eigenvalue weighted by Crippen LogP contribution is 2.33. The van der Waals surface area contributed by atoms with Crippen LogP contribution in [0.1, 0.15) is 49.4 Å². The average Bonchev–Trinajstić information content (AvgIpc) is 3.16. The van der Waals surface area contributed by atoms with Crippen LogP contribution in [0, 0.1) is 6.92 Å².